The van der Waals surface area contributed by atoms with Gasteiger partial charge in [0.05, 0.1) is 36.1 Å². The minimum Gasteiger partial charge on any atom is -0.478 e. The van der Waals surface area contributed by atoms with Crippen LogP contribution < -0.4 is 9.47 Å². The van der Waals surface area contributed by atoms with E-state index in [0.29, 0.717) is 45.1 Å². The van der Waals surface area contributed by atoms with Crippen LogP contribution in [-0.4, -0.2) is 35.9 Å². The number of carbonyl (C=O) groups excluding carboxylic acids is 3. The van der Waals surface area contributed by atoms with Gasteiger partial charge >= 0.3 is 17.9 Å². The van der Waals surface area contributed by atoms with Gasteiger partial charge in [-0.15, -0.1) is 0 Å². The highest BCUT2D eigenvalue weighted by Crippen LogP contribution is 2.49. The molecule has 0 spiro atoms. The van der Waals surface area contributed by atoms with Crippen LogP contribution in [0.4, 0.5) is 0 Å². The standard InChI is InChI=1S/C31H20O9/c1-37-31(36)19-4-2-16(3-5-19)14-25-28(33)20-10-11-24-27(29(20)40-25)21(15-26(32)39-24)23-13-12-22(38-23)17-6-8-18(9-7-17)30(34)35/h2-14,21H,15H2,1H3,(H,34,35)/b25-14-. The average Bonchev–Trinajstić information content (AvgIpc) is 3.58. The fraction of sp³-hybridized carbons (Fsp3) is 0.0968. The third-order valence-corrected chi connectivity index (χ3v) is 6.80. The predicted octanol–water partition coefficient (Wildman–Crippen LogP) is 5.49. The topological polar surface area (TPSA) is 129 Å². The maximum absolute atomic E-state index is 13.2. The molecule has 1 N–H and O–H groups in total. The molecule has 0 amide bonds. The number of benzene rings is 3. The quantitative estimate of drug-likeness (QED) is 0.200. The van der Waals surface area contributed by atoms with Gasteiger partial charge in [-0.05, 0) is 60.2 Å². The van der Waals surface area contributed by atoms with E-state index in [-0.39, 0.29) is 29.3 Å². The van der Waals surface area contributed by atoms with E-state index in [4.69, 9.17) is 23.7 Å². The SMILES string of the molecule is COC(=O)c1ccc(/C=C2\Oc3c(ccc4c3C(c3ccc(-c5ccc(C(=O)O)cc5)o3)CC(=O)O4)C2=O)cc1. The van der Waals surface area contributed by atoms with Gasteiger partial charge in [0.2, 0.25) is 5.78 Å². The zero-order valence-corrected chi connectivity index (χ0v) is 21.0. The van der Waals surface area contributed by atoms with Gasteiger partial charge in [0.15, 0.2) is 5.76 Å². The van der Waals surface area contributed by atoms with Crippen molar-refractivity contribution in [3.05, 3.63) is 112 Å². The van der Waals surface area contributed by atoms with Crippen LogP contribution in [0.25, 0.3) is 17.4 Å². The lowest BCUT2D eigenvalue weighted by molar-refractivity contribution is -0.135. The highest BCUT2D eigenvalue weighted by molar-refractivity contribution is 6.15. The highest BCUT2D eigenvalue weighted by Gasteiger charge is 2.39. The molecule has 3 aromatic carbocycles. The van der Waals surface area contributed by atoms with Gasteiger partial charge in [-0.25, -0.2) is 9.59 Å². The van der Waals surface area contributed by atoms with E-state index < -0.39 is 23.8 Å². The van der Waals surface area contributed by atoms with Crippen molar-refractivity contribution < 1.29 is 42.9 Å². The van der Waals surface area contributed by atoms with Crippen LogP contribution in [-0.2, 0) is 9.53 Å². The van der Waals surface area contributed by atoms with Crippen molar-refractivity contribution in [1.29, 1.82) is 0 Å². The Morgan fingerprint density at radius 2 is 1.62 bits per heavy atom. The molecule has 1 unspecified atom stereocenters. The molecule has 0 bridgehead atoms. The van der Waals surface area contributed by atoms with Gasteiger partial charge in [-0.2, -0.15) is 0 Å². The molecule has 9 nitrogen and oxygen atoms in total. The fourth-order valence-electron chi connectivity index (χ4n) is 4.81. The number of hydrogen-bond donors (Lipinski definition) is 1. The number of methoxy groups -OCH3 is 1. The molecule has 3 heterocycles. The summed E-state index contributed by atoms with van der Waals surface area (Å²) in [4.78, 5) is 48.6. The lowest BCUT2D eigenvalue weighted by Crippen LogP contribution is -2.21. The first-order chi connectivity index (χ1) is 19.3. The maximum atomic E-state index is 13.2. The van der Waals surface area contributed by atoms with Crippen molar-refractivity contribution in [2.24, 2.45) is 0 Å². The summed E-state index contributed by atoms with van der Waals surface area (Å²) in [5, 5.41) is 9.15. The van der Waals surface area contributed by atoms with Crippen LogP contribution in [0.1, 0.15) is 60.3 Å². The second-order valence-corrected chi connectivity index (χ2v) is 9.22. The van der Waals surface area contributed by atoms with Crippen molar-refractivity contribution in [1.82, 2.24) is 0 Å². The van der Waals surface area contributed by atoms with Crippen molar-refractivity contribution in [3.8, 4) is 22.8 Å². The zero-order chi connectivity index (χ0) is 28.0. The van der Waals surface area contributed by atoms with Crippen LogP contribution in [0.2, 0.25) is 0 Å². The number of fused-ring (bicyclic) bond motifs is 3. The van der Waals surface area contributed by atoms with Gasteiger partial charge in [0.1, 0.15) is 23.0 Å². The van der Waals surface area contributed by atoms with Crippen molar-refractivity contribution in [2.75, 3.05) is 7.11 Å². The Balaban J connectivity index is 1.34. The number of Topliss-reactive ketones (excluding diaryl/α,β-unsaturated/α-hetero) is 1. The van der Waals surface area contributed by atoms with Crippen molar-refractivity contribution in [3.63, 3.8) is 0 Å². The number of furan rings is 1. The summed E-state index contributed by atoms with van der Waals surface area (Å²) < 4.78 is 22.4. The number of hydrogen-bond acceptors (Lipinski definition) is 8. The Bertz CT molecular complexity index is 1720. The summed E-state index contributed by atoms with van der Waals surface area (Å²) in [5.74, 6) is -1.24. The highest BCUT2D eigenvalue weighted by atomic mass is 16.5. The number of ketones is 1. The van der Waals surface area contributed by atoms with E-state index in [0.717, 1.165) is 0 Å². The maximum Gasteiger partial charge on any atom is 0.337 e. The van der Waals surface area contributed by atoms with Gasteiger partial charge in [0, 0.05) is 11.1 Å². The molecule has 6 rings (SSSR count). The molecule has 40 heavy (non-hydrogen) atoms. The average molecular weight is 536 g/mol. The molecular weight excluding hydrogens is 516 g/mol. The number of allylic oxidation sites excluding steroid dienone is 1. The van der Waals surface area contributed by atoms with Crippen LogP contribution in [0.5, 0.6) is 11.5 Å². The van der Waals surface area contributed by atoms with E-state index in [9.17, 15) is 19.2 Å². The second-order valence-electron chi connectivity index (χ2n) is 9.22. The van der Waals surface area contributed by atoms with E-state index in [1.165, 1.54) is 19.2 Å². The molecule has 0 fully saturated rings. The molecule has 2 aliphatic heterocycles. The molecule has 0 saturated heterocycles. The second kappa shape index (κ2) is 9.70. The normalized spacial score (nSPS) is 16.6. The van der Waals surface area contributed by atoms with E-state index in [2.05, 4.69) is 0 Å². The Hall–Kier alpha value is -5.44. The van der Waals surface area contributed by atoms with Crippen molar-refractivity contribution >= 4 is 29.8 Å². The van der Waals surface area contributed by atoms with Crippen LogP contribution in [0.15, 0.2) is 83.0 Å². The smallest absolute Gasteiger partial charge is 0.337 e. The first-order valence-electron chi connectivity index (χ1n) is 12.3. The molecule has 1 atom stereocenters. The van der Waals surface area contributed by atoms with E-state index in [1.807, 2.05) is 0 Å². The third kappa shape index (κ3) is 4.33. The zero-order valence-electron chi connectivity index (χ0n) is 21.0. The fourth-order valence-corrected chi connectivity index (χ4v) is 4.81. The summed E-state index contributed by atoms with van der Waals surface area (Å²) in [6.45, 7) is 0. The van der Waals surface area contributed by atoms with Crippen molar-refractivity contribution in [2.45, 2.75) is 12.3 Å². The summed E-state index contributed by atoms with van der Waals surface area (Å²) >= 11 is 0. The molecule has 4 aromatic rings. The Morgan fingerprint density at radius 3 is 2.33 bits per heavy atom. The molecular formula is C31H20O9. The number of ether oxygens (including phenoxy) is 3. The Kier molecular flexibility index (Phi) is 6.03. The van der Waals surface area contributed by atoms with Gasteiger partial charge in [-0.1, -0.05) is 24.3 Å². The minimum absolute atomic E-state index is 0.0278. The van der Waals surface area contributed by atoms with Gasteiger partial charge in [0.25, 0.3) is 0 Å². The lowest BCUT2D eigenvalue weighted by atomic mass is 9.88. The third-order valence-electron chi connectivity index (χ3n) is 6.80. The van der Waals surface area contributed by atoms with E-state index >= 15 is 0 Å². The summed E-state index contributed by atoms with van der Waals surface area (Å²) in [6.07, 6.45) is 1.55. The monoisotopic (exact) mass is 536 g/mol. The summed E-state index contributed by atoms with van der Waals surface area (Å²) in [6, 6.07) is 19.4. The van der Waals surface area contributed by atoms with Gasteiger partial charge in [-0.3, -0.25) is 9.59 Å². The van der Waals surface area contributed by atoms with E-state index in [1.54, 1.807) is 66.7 Å². The predicted molar refractivity (Wildman–Crippen MR) is 140 cm³/mol. The minimum atomic E-state index is -1.03. The number of carboxylic acid groups (broad SMARTS) is 1. The first kappa shape index (κ1) is 24.9. The largest absolute Gasteiger partial charge is 0.478 e. The molecule has 2 aliphatic rings. The van der Waals surface area contributed by atoms with Crippen LogP contribution >= 0.6 is 0 Å². The Labute approximate surface area is 227 Å². The van der Waals surface area contributed by atoms with Gasteiger partial charge < -0.3 is 23.7 Å². The number of carbonyl (C=O) groups is 4. The Morgan fingerprint density at radius 1 is 0.900 bits per heavy atom. The van der Waals surface area contributed by atoms with Crippen LogP contribution in [0, 0.1) is 0 Å². The number of carboxylic acids is 1. The summed E-state index contributed by atoms with van der Waals surface area (Å²) in [5.41, 5.74) is 2.70. The van der Waals surface area contributed by atoms with Crippen LogP contribution in [0.3, 0.4) is 0 Å². The number of aromatic carboxylic acids is 1. The first-order valence-corrected chi connectivity index (χ1v) is 12.3. The molecule has 1 aromatic heterocycles. The molecule has 0 aliphatic carbocycles. The summed E-state index contributed by atoms with van der Waals surface area (Å²) in [7, 11) is 1.30. The molecule has 0 radical (unpaired) electrons. The number of rotatable bonds is 5. The molecule has 0 saturated carbocycles. The molecule has 198 valence electrons. The number of esters is 2. The lowest BCUT2D eigenvalue weighted by Gasteiger charge is -2.24. The molecule has 9 heteroatoms.